The molecule has 2 unspecified atom stereocenters. The summed E-state index contributed by atoms with van der Waals surface area (Å²) in [6.45, 7) is 4.52. The van der Waals surface area contributed by atoms with Gasteiger partial charge in [0, 0.05) is 34.2 Å². The predicted octanol–water partition coefficient (Wildman–Crippen LogP) is 3.67. The van der Waals surface area contributed by atoms with Crippen molar-refractivity contribution in [2.24, 2.45) is 10.9 Å². The fraction of sp³-hybridized carbons (Fsp3) is 0.588. The number of nitrogens with zero attached hydrogens (tertiary/aromatic N) is 3. The molecule has 2 rings (SSSR count). The Morgan fingerprint density at radius 1 is 1.29 bits per heavy atom. The second-order valence-electron chi connectivity index (χ2n) is 5.84. The van der Waals surface area contributed by atoms with E-state index in [-0.39, 0.29) is 24.0 Å². The number of halogens is 1. The molecule has 1 saturated heterocycles. The molecule has 1 heterocycles. The van der Waals surface area contributed by atoms with Crippen molar-refractivity contribution in [1.82, 2.24) is 9.80 Å². The Balaban J connectivity index is 0.00000220. The zero-order valence-corrected chi connectivity index (χ0v) is 16.0. The molecule has 1 fully saturated rings. The molecule has 0 radical (unpaired) electrons. The fourth-order valence-electron chi connectivity index (χ4n) is 3.39. The first-order valence-corrected chi connectivity index (χ1v) is 7.61. The first-order valence-electron chi connectivity index (χ1n) is 7.61. The Labute approximate surface area is 146 Å². The van der Waals surface area contributed by atoms with E-state index in [4.69, 9.17) is 0 Å². The summed E-state index contributed by atoms with van der Waals surface area (Å²) in [6.07, 6.45) is 2.44. The summed E-state index contributed by atoms with van der Waals surface area (Å²) in [5, 5.41) is 0. The van der Waals surface area contributed by atoms with Crippen molar-refractivity contribution in [2.45, 2.75) is 25.7 Å². The highest BCUT2D eigenvalue weighted by Gasteiger charge is 2.30. The summed E-state index contributed by atoms with van der Waals surface area (Å²) in [7, 11) is 6.04. The second-order valence-corrected chi connectivity index (χ2v) is 5.84. The minimum absolute atomic E-state index is 0. The van der Waals surface area contributed by atoms with Gasteiger partial charge in [0.05, 0.1) is 0 Å². The highest BCUT2D eigenvalue weighted by atomic mass is 127. The van der Waals surface area contributed by atoms with Crippen LogP contribution in [0.4, 0.5) is 0 Å². The van der Waals surface area contributed by atoms with Crippen molar-refractivity contribution in [3.05, 3.63) is 35.9 Å². The van der Waals surface area contributed by atoms with Gasteiger partial charge in [0.15, 0.2) is 5.96 Å². The van der Waals surface area contributed by atoms with Crippen LogP contribution in [0.25, 0.3) is 0 Å². The Hall–Kier alpha value is -0.780. The van der Waals surface area contributed by atoms with Gasteiger partial charge in [-0.2, -0.15) is 0 Å². The minimum Gasteiger partial charge on any atom is -0.349 e. The third-order valence-electron chi connectivity index (χ3n) is 4.37. The molecule has 0 N–H and O–H groups in total. The lowest BCUT2D eigenvalue weighted by molar-refractivity contribution is 0.206. The Bertz CT molecular complexity index is 445. The van der Waals surface area contributed by atoms with E-state index in [0.29, 0.717) is 11.8 Å². The Morgan fingerprint density at radius 3 is 2.48 bits per heavy atom. The molecule has 118 valence electrons. The lowest BCUT2D eigenvalue weighted by atomic mass is 9.79. The molecule has 0 aliphatic carbocycles. The smallest absolute Gasteiger partial charge is 0.195 e. The summed E-state index contributed by atoms with van der Waals surface area (Å²) in [5.41, 5.74) is 1.50. The predicted molar refractivity (Wildman–Crippen MR) is 102 cm³/mol. The van der Waals surface area contributed by atoms with Gasteiger partial charge in [-0.05, 0) is 23.8 Å². The maximum absolute atomic E-state index is 4.45. The van der Waals surface area contributed by atoms with Crippen molar-refractivity contribution in [1.29, 1.82) is 0 Å². The van der Waals surface area contributed by atoms with Crippen LogP contribution in [0.5, 0.6) is 0 Å². The normalized spacial score (nSPS) is 22.7. The number of guanidine groups is 1. The second kappa shape index (κ2) is 8.61. The molecular weight excluding hydrogens is 373 g/mol. The number of likely N-dealkylation sites (tertiary alicyclic amines) is 1. The van der Waals surface area contributed by atoms with Gasteiger partial charge in [0.25, 0.3) is 0 Å². The monoisotopic (exact) mass is 401 g/mol. The van der Waals surface area contributed by atoms with Crippen molar-refractivity contribution in [3.63, 3.8) is 0 Å². The molecule has 1 aliphatic heterocycles. The van der Waals surface area contributed by atoms with Crippen LogP contribution in [-0.2, 0) is 0 Å². The van der Waals surface area contributed by atoms with E-state index in [2.05, 4.69) is 66.1 Å². The van der Waals surface area contributed by atoms with Gasteiger partial charge in [0.1, 0.15) is 0 Å². The quantitative estimate of drug-likeness (QED) is 0.428. The van der Waals surface area contributed by atoms with Gasteiger partial charge in [-0.3, -0.25) is 4.99 Å². The first-order chi connectivity index (χ1) is 9.67. The van der Waals surface area contributed by atoms with Crippen LogP contribution >= 0.6 is 24.0 Å². The SMILES string of the molecule is CCC1CN(C(=NC)N(C)C)CCC1c1ccccc1.I. The van der Waals surface area contributed by atoms with Gasteiger partial charge in [-0.25, -0.2) is 0 Å². The molecular formula is C17H28IN3. The Kier molecular flexibility index (Phi) is 7.49. The van der Waals surface area contributed by atoms with E-state index in [1.807, 2.05) is 7.05 Å². The van der Waals surface area contributed by atoms with E-state index in [1.54, 1.807) is 0 Å². The van der Waals surface area contributed by atoms with Gasteiger partial charge >= 0.3 is 0 Å². The van der Waals surface area contributed by atoms with Crippen molar-refractivity contribution < 1.29 is 0 Å². The zero-order chi connectivity index (χ0) is 14.5. The van der Waals surface area contributed by atoms with E-state index < -0.39 is 0 Å². The third-order valence-corrected chi connectivity index (χ3v) is 4.37. The molecule has 0 aromatic heterocycles. The molecule has 4 heteroatoms. The van der Waals surface area contributed by atoms with Crippen LogP contribution < -0.4 is 0 Å². The summed E-state index contributed by atoms with van der Waals surface area (Å²) in [5.74, 6) is 2.51. The van der Waals surface area contributed by atoms with Crippen molar-refractivity contribution in [2.75, 3.05) is 34.2 Å². The summed E-state index contributed by atoms with van der Waals surface area (Å²) >= 11 is 0. The molecule has 1 aromatic carbocycles. The molecule has 0 saturated carbocycles. The number of piperidine rings is 1. The zero-order valence-electron chi connectivity index (χ0n) is 13.6. The lowest BCUT2D eigenvalue weighted by Crippen LogP contribution is -2.47. The van der Waals surface area contributed by atoms with E-state index in [9.17, 15) is 0 Å². The Morgan fingerprint density at radius 2 is 1.95 bits per heavy atom. The average Bonchev–Trinajstić information content (AvgIpc) is 2.48. The first kappa shape index (κ1) is 18.3. The summed E-state index contributed by atoms with van der Waals surface area (Å²) < 4.78 is 0. The van der Waals surface area contributed by atoms with E-state index in [0.717, 1.165) is 19.0 Å². The van der Waals surface area contributed by atoms with Crippen LogP contribution in [0.3, 0.4) is 0 Å². The van der Waals surface area contributed by atoms with Crippen LogP contribution in [0, 0.1) is 5.92 Å². The number of benzene rings is 1. The molecule has 1 aliphatic rings. The molecule has 3 nitrogen and oxygen atoms in total. The molecule has 1 aromatic rings. The van der Waals surface area contributed by atoms with Gasteiger partial charge in [-0.15, -0.1) is 24.0 Å². The molecule has 0 amide bonds. The average molecular weight is 401 g/mol. The minimum atomic E-state index is 0. The fourth-order valence-corrected chi connectivity index (χ4v) is 3.39. The van der Waals surface area contributed by atoms with Crippen LogP contribution in [0.15, 0.2) is 35.3 Å². The van der Waals surface area contributed by atoms with Gasteiger partial charge in [-0.1, -0.05) is 43.7 Å². The maximum Gasteiger partial charge on any atom is 0.195 e. The maximum atomic E-state index is 4.45. The number of aliphatic imine (C=N–C) groups is 1. The lowest BCUT2D eigenvalue weighted by Gasteiger charge is -2.41. The van der Waals surface area contributed by atoms with Gasteiger partial charge < -0.3 is 9.80 Å². The molecule has 0 spiro atoms. The summed E-state index contributed by atoms with van der Waals surface area (Å²) in [6, 6.07) is 11.0. The van der Waals surface area contributed by atoms with Crippen molar-refractivity contribution in [3.8, 4) is 0 Å². The number of rotatable bonds is 2. The highest BCUT2D eigenvalue weighted by Crippen LogP contribution is 2.34. The molecule has 21 heavy (non-hydrogen) atoms. The van der Waals surface area contributed by atoms with Gasteiger partial charge in [0.2, 0.25) is 0 Å². The molecule has 2 atom stereocenters. The van der Waals surface area contributed by atoms with E-state index >= 15 is 0 Å². The summed E-state index contributed by atoms with van der Waals surface area (Å²) in [4.78, 5) is 9.00. The van der Waals surface area contributed by atoms with Crippen LogP contribution in [0.1, 0.15) is 31.2 Å². The standard InChI is InChI=1S/C17H27N3.HI/c1-5-14-13-20(17(18-2)19(3)4)12-11-16(14)15-9-7-6-8-10-15;/h6-10,14,16H,5,11-13H2,1-4H3;1H. The van der Waals surface area contributed by atoms with Crippen LogP contribution in [-0.4, -0.2) is 50.0 Å². The third kappa shape index (κ3) is 4.34. The van der Waals surface area contributed by atoms with E-state index in [1.165, 1.54) is 18.4 Å². The highest BCUT2D eigenvalue weighted by molar-refractivity contribution is 14.0. The van der Waals surface area contributed by atoms with Crippen LogP contribution in [0.2, 0.25) is 0 Å². The van der Waals surface area contributed by atoms with Crippen molar-refractivity contribution >= 4 is 29.9 Å². The topological polar surface area (TPSA) is 18.8 Å². The number of hydrogen-bond acceptors (Lipinski definition) is 1. The largest absolute Gasteiger partial charge is 0.349 e. The number of hydrogen-bond donors (Lipinski definition) is 0. The molecule has 0 bridgehead atoms.